The summed E-state index contributed by atoms with van der Waals surface area (Å²) in [5, 5.41) is 0. The molecule has 0 saturated heterocycles. The summed E-state index contributed by atoms with van der Waals surface area (Å²) in [6, 6.07) is 11.1. The Balaban J connectivity index is 2.10. The Hall–Kier alpha value is -1.48. The summed E-state index contributed by atoms with van der Waals surface area (Å²) in [5.41, 5.74) is 3.35. The number of nitrogens with two attached hydrogens (primary N) is 1. The molecule has 1 aromatic carbocycles. The Labute approximate surface area is 131 Å². The summed E-state index contributed by atoms with van der Waals surface area (Å²) in [5.74, 6) is 5.40. The number of halogens is 1. The Morgan fingerprint density at radius 2 is 1.95 bits per heavy atom. The van der Waals surface area contributed by atoms with E-state index in [0.29, 0.717) is 17.4 Å². The topological polar surface area (TPSA) is 97.1 Å². The zero-order chi connectivity index (χ0) is 15.3. The standard InChI is InChI=1S/C13H15BrN4O2S/c14-11-8-12(13(18-15)16-9-11)21(19,20)17-7-6-10-4-2-1-3-5-10/h1-5,8-9,17H,6-7,15H2,(H,16,18). The Kier molecular flexibility index (Phi) is 5.29. The molecule has 0 bridgehead atoms. The van der Waals surface area contributed by atoms with Gasteiger partial charge >= 0.3 is 0 Å². The number of aromatic nitrogens is 1. The molecule has 0 aliphatic rings. The number of benzene rings is 1. The summed E-state index contributed by atoms with van der Waals surface area (Å²) in [6.07, 6.45) is 2.07. The number of hydrogen-bond acceptors (Lipinski definition) is 5. The predicted octanol–water partition coefficient (Wildman–Crippen LogP) is 1.65. The van der Waals surface area contributed by atoms with E-state index in [4.69, 9.17) is 5.84 Å². The molecule has 0 fully saturated rings. The lowest BCUT2D eigenvalue weighted by atomic mass is 10.2. The zero-order valence-electron chi connectivity index (χ0n) is 11.1. The van der Waals surface area contributed by atoms with E-state index in [0.717, 1.165) is 5.56 Å². The van der Waals surface area contributed by atoms with Crippen LogP contribution in [0.5, 0.6) is 0 Å². The van der Waals surface area contributed by atoms with Crippen LogP contribution in [0.25, 0.3) is 0 Å². The zero-order valence-corrected chi connectivity index (χ0v) is 13.5. The Bertz CT molecular complexity index is 707. The lowest BCUT2D eigenvalue weighted by Gasteiger charge is -2.10. The summed E-state index contributed by atoms with van der Waals surface area (Å²) >= 11 is 3.20. The fourth-order valence-corrected chi connectivity index (χ4v) is 3.44. The van der Waals surface area contributed by atoms with Crippen LogP contribution < -0.4 is 16.0 Å². The molecule has 0 aliphatic heterocycles. The van der Waals surface area contributed by atoms with Gasteiger partial charge in [-0.15, -0.1) is 0 Å². The molecule has 0 spiro atoms. The van der Waals surface area contributed by atoms with E-state index >= 15 is 0 Å². The van der Waals surface area contributed by atoms with Gasteiger partial charge in [-0.05, 0) is 34.0 Å². The fraction of sp³-hybridized carbons (Fsp3) is 0.154. The number of sulfonamides is 1. The lowest BCUT2D eigenvalue weighted by molar-refractivity contribution is 0.581. The van der Waals surface area contributed by atoms with Crippen LogP contribution in [0.4, 0.5) is 5.82 Å². The normalized spacial score (nSPS) is 11.3. The number of nitrogens with one attached hydrogen (secondary N) is 2. The number of pyridine rings is 1. The smallest absolute Gasteiger partial charge is 0.244 e. The van der Waals surface area contributed by atoms with Gasteiger partial charge in [0, 0.05) is 17.2 Å². The SMILES string of the molecule is NNc1ncc(Br)cc1S(=O)(=O)NCCc1ccccc1. The van der Waals surface area contributed by atoms with Crippen molar-refractivity contribution in [3.8, 4) is 0 Å². The number of anilines is 1. The van der Waals surface area contributed by atoms with Crippen molar-refractivity contribution in [3.63, 3.8) is 0 Å². The molecule has 0 aliphatic carbocycles. The number of hydrazine groups is 1. The monoisotopic (exact) mass is 370 g/mol. The van der Waals surface area contributed by atoms with Crippen molar-refractivity contribution < 1.29 is 8.42 Å². The highest BCUT2D eigenvalue weighted by Gasteiger charge is 2.19. The van der Waals surface area contributed by atoms with Crippen molar-refractivity contribution in [1.82, 2.24) is 9.71 Å². The Morgan fingerprint density at radius 1 is 1.24 bits per heavy atom. The van der Waals surface area contributed by atoms with Gasteiger partial charge in [0.2, 0.25) is 10.0 Å². The summed E-state index contributed by atoms with van der Waals surface area (Å²) in [7, 11) is -3.68. The number of nitrogens with zero attached hydrogens (tertiary/aromatic N) is 1. The molecule has 21 heavy (non-hydrogen) atoms. The van der Waals surface area contributed by atoms with Crippen molar-refractivity contribution in [3.05, 3.63) is 52.6 Å². The van der Waals surface area contributed by atoms with Gasteiger partial charge in [-0.1, -0.05) is 30.3 Å². The van der Waals surface area contributed by atoms with Gasteiger partial charge in [0.15, 0.2) is 5.82 Å². The van der Waals surface area contributed by atoms with Crippen LogP contribution in [-0.2, 0) is 16.4 Å². The van der Waals surface area contributed by atoms with E-state index in [1.165, 1.54) is 12.3 Å². The van der Waals surface area contributed by atoms with Crippen LogP contribution in [0.2, 0.25) is 0 Å². The van der Waals surface area contributed by atoms with E-state index in [9.17, 15) is 8.42 Å². The first-order valence-electron chi connectivity index (χ1n) is 6.18. The van der Waals surface area contributed by atoms with Crippen LogP contribution >= 0.6 is 15.9 Å². The third-order valence-corrected chi connectivity index (χ3v) is 4.70. The minimum Gasteiger partial charge on any atom is -0.307 e. The van der Waals surface area contributed by atoms with Gasteiger partial charge < -0.3 is 5.43 Å². The summed E-state index contributed by atoms with van der Waals surface area (Å²) in [4.78, 5) is 3.93. The second-order valence-corrected chi connectivity index (χ2v) is 6.93. The molecule has 4 N–H and O–H groups in total. The summed E-state index contributed by atoms with van der Waals surface area (Å²) < 4.78 is 27.7. The van der Waals surface area contributed by atoms with E-state index in [2.05, 4.69) is 31.1 Å². The molecule has 1 aromatic heterocycles. The molecule has 6 nitrogen and oxygen atoms in total. The van der Waals surface area contributed by atoms with E-state index in [1.807, 2.05) is 30.3 Å². The maximum atomic E-state index is 12.3. The fourth-order valence-electron chi connectivity index (χ4n) is 1.79. The summed E-state index contributed by atoms with van der Waals surface area (Å²) in [6.45, 7) is 0.295. The average molecular weight is 371 g/mol. The first-order valence-corrected chi connectivity index (χ1v) is 8.46. The second-order valence-electron chi connectivity index (χ2n) is 4.28. The van der Waals surface area contributed by atoms with Crippen molar-refractivity contribution >= 4 is 31.8 Å². The van der Waals surface area contributed by atoms with Crippen molar-refractivity contribution in [2.75, 3.05) is 12.0 Å². The highest BCUT2D eigenvalue weighted by molar-refractivity contribution is 9.10. The van der Waals surface area contributed by atoms with Gasteiger partial charge in [-0.3, -0.25) is 0 Å². The molecule has 0 radical (unpaired) electrons. The first-order chi connectivity index (χ1) is 10.0. The van der Waals surface area contributed by atoms with E-state index < -0.39 is 10.0 Å². The quantitative estimate of drug-likeness (QED) is 0.530. The van der Waals surface area contributed by atoms with Crippen LogP contribution in [0, 0.1) is 0 Å². The molecular weight excluding hydrogens is 356 g/mol. The van der Waals surface area contributed by atoms with Crippen molar-refractivity contribution in [2.24, 2.45) is 5.84 Å². The molecule has 2 rings (SSSR count). The van der Waals surface area contributed by atoms with Gasteiger partial charge in [-0.2, -0.15) is 0 Å². The third kappa shape index (κ3) is 4.24. The van der Waals surface area contributed by atoms with E-state index in [-0.39, 0.29) is 10.7 Å². The van der Waals surface area contributed by atoms with E-state index in [1.54, 1.807) is 0 Å². The van der Waals surface area contributed by atoms with Crippen LogP contribution in [0.3, 0.4) is 0 Å². The first kappa shape index (κ1) is 15.9. The molecule has 112 valence electrons. The van der Waals surface area contributed by atoms with Gasteiger partial charge in [0.25, 0.3) is 0 Å². The minimum atomic E-state index is -3.68. The predicted molar refractivity (Wildman–Crippen MR) is 85.1 cm³/mol. The molecule has 0 saturated carbocycles. The van der Waals surface area contributed by atoms with Gasteiger partial charge in [0.1, 0.15) is 4.90 Å². The third-order valence-electron chi connectivity index (χ3n) is 2.79. The number of rotatable bonds is 6. The molecule has 0 amide bonds. The van der Waals surface area contributed by atoms with Crippen molar-refractivity contribution in [1.29, 1.82) is 0 Å². The molecule has 0 unspecified atom stereocenters. The maximum absolute atomic E-state index is 12.3. The van der Waals surface area contributed by atoms with Crippen LogP contribution in [0.1, 0.15) is 5.56 Å². The lowest BCUT2D eigenvalue weighted by Crippen LogP contribution is -2.27. The van der Waals surface area contributed by atoms with Crippen molar-refractivity contribution in [2.45, 2.75) is 11.3 Å². The number of hydrogen-bond donors (Lipinski definition) is 3. The Morgan fingerprint density at radius 3 is 2.62 bits per heavy atom. The highest BCUT2D eigenvalue weighted by atomic mass is 79.9. The average Bonchev–Trinajstić information content (AvgIpc) is 2.48. The van der Waals surface area contributed by atoms with Crippen LogP contribution in [-0.4, -0.2) is 19.9 Å². The van der Waals surface area contributed by atoms with Crippen LogP contribution in [0.15, 0.2) is 52.0 Å². The molecule has 2 aromatic rings. The minimum absolute atomic E-state index is 0.00689. The highest BCUT2D eigenvalue weighted by Crippen LogP contribution is 2.21. The van der Waals surface area contributed by atoms with Gasteiger partial charge in [0.05, 0.1) is 0 Å². The molecule has 8 heteroatoms. The second kappa shape index (κ2) is 6.99. The van der Waals surface area contributed by atoms with Gasteiger partial charge in [-0.25, -0.2) is 24.0 Å². The maximum Gasteiger partial charge on any atom is 0.244 e. The molecule has 0 atom stereocenters. The molecule has 1 heterocycles. The number of nitrogen functional groups attached to an aromatic ring is 1. The largest absolute Gasteiger partial charge is 0.307 e. The molecular formula is C13H15BrN4O2S.